The first-order valence-corrected chi connectivity index (χ1v) is 6.60. The largest absolute Gasteiger partial charge is 0.389 e. The van der Waals surface area contributed by atoms with Crippen LogP contribution in [0.3, 0.4) is 0 Å². The van der Waals surface area contributed by atoms with Gasteiger partial charge in [-0.15, -0.1) is 0 Å². The highest BCUT2D eigenvalue weighted by atomic mass is 16.5. The summed E-state index contributed by atoms with van der Waals surface area (Å²) in [6.45, 7) is 9.73. The van der Waals surface area contributed by atoms with E-state index in [9.17, 15) is 5.11 Å². The minimum Gasteiger partial charge on any atom is -0.389 e. The second-order valence-corrected chi connectivity index (χ2v) is 5.31. The van der Waals surface area contributed by atoms with Gasteiger partial charge < -0.3 is 9.84 Å². The molecule has 1 saturated heterocycles. The van der Waals surface area contributed by atoms with Crippen molar-refractivity contribution in [2.75, 3.05) is 26.3 Å². The summed E-state index contributed by atoms with van der Waals surface area (Å²) in [4.78, 5) is 2.37. The van der Waals surface area contributed by atoms with Crippen molar-refractivity contribution in [1.82, 2.24) is 4.90 Å². The van der Waals surface area contributed by atoms with Crippen LogP contribution in [0.2, 0.25) is 0 Å². The number of likely N-dealkylation sites (tertiary alicyclic amines) is 1. The van der Waals surface area contributed by atoms with E-state index in [2.05, 4.69) is 11.8 Å². The smallest absolute Gasteiger partial charge is 0.0746 e. The summed E-state index contributed by atoms with van der Waals surface area (Å²) in [6.07, 6.45) is 4.65. The van der Waals surface area contributed by atoms with E-state index in [-0.39, 0.29) is 0 Å². The van der Waals surface area contributed by atoms with Gasteiger partial charge in [-0.05, 0) is 39.7 Å². The van der Waals surface area contributed by atoms with Crippen molar-refractivity contribution in [3.05, 3.63) is 0 Å². The van der Waals surface area contributed by atoms with Gasteiger partial charge in [-0.25, -0.2) is 0 Å². The van der Waals surface area contributed by atoms with Crippen LogP contribution in [0.4, 0.5) is 0 Å². The van der Waals surface area contributed by atoms with Gasteiger partial charge in [0, 0.05) is 19.2 Å². The standard InChI is InChI=1S/C13H27NO2/c1-4-5-10-16-11-9-14-8-6-7-12(14)13(2,3)15/h12,15H,4-11H2,1-3H3. The van der Waals surface area contributed by atoms with Gasteiger partial charge in [0.25, 0.3) is 0 Å². The third-order valence-corrected chi connectivity index (χ3v) is 3.34. The maximum Gasteiger partial charge on any atom is 0.0746 e. The molecule has 0 spiro atoms. The van der Waals surface area contributed by atoms with E-state index in [1.807, 2.05) is 13.8 Å². The van der Waals surface area contributed by atoms with E-state index in [1.54, 1.807) is 0 Å². The topological polar surface area (TPSA) is 32.7 Å². The minimum absolute atomic E-state index is 0.308. The van der Waals surface area contributed by atoms with Crippen LogP contribution in [0.1, 0.15) is 46.5 Å². The molecular weight excluding hydrogens is 202 g/mol. The van der Waals surface area contributed by atoms with E-state index in [0.717, 1.165) is 39.1 Å². The molecule has 1 fully saturated rings. The molecule has 3 nitrogen and oxygen atoms in total. The quantitative estimate of drug-likeness (QED) is 0.678. The lowest BCUT2D eigenvalue weighted by atomic mass is 9.97. The van der Waals surface area contributed by atoms with Crippen molar-refractivity contribution in [1.29, 1.82) is 0 Å². The predicted molar refractivity (Wildman–Crippen MR) is 66.6 cm³/mol. The zero-order chi connectivity index (χ0) is 12.0. The Morgan fingerprint density at radius 2 is 2.12 bits per heavy atom. The van der Waals surface area contributed by atoms with Gasteiger partial charge in [-0.2, -0.15) is 0 Å². The fourth-order valence-corrected chi connectivity index (χ4v) is 2.42. The third kappa shape index (κ3) is 4.40. The summed E-state index contributed by atoms with van der Waals surface area (Å²) in [7, 11) is 0. The maximum atomic E-state index is 10.0. The van der Waals surface area contributed by atoms with E-state index in [0.29, 0.717) is 6.04 Å². The van der Waals surface area contributed by atoms with E-state index in [4.69, 9.17) is 4.74 Å². The molecule has 0 aromatic heterocycles. The number of nitrogens with zero attached hydrogens (tertiary/aromatic N) is 1. The van der Waals surface area contributed by atoms with E-state index >= 15 is 0 Å². The molecular formula is C13H27NO2. The molecule has 0 radical (unpaired) electrons. The third-order valence-electron chi connectivity index (χ3n) is 3.34. The van der Waals surface area contributed by atoms with E-state index < -0.39 is 5.60 Å². The lowest BCUT2D eigenvalue weighted by Gasteiger charge is -2.33. The number of ether oxygens (including phenoxy) is 1. The summed E-state index contributed by atoms with van der Waals surface area (Å²) in [5.74, 6) is 0. The summed E-state index contributed by atoms with van der Waals surface area (Å²) in [6, 6.07) is 0.308. The van der Waals surface area contributed by atoms with Crippen LogP contribution >= 0.6 is 0 Å². The highest BCUT2D eigenvalue weighted by molar-refractivity contribution is 4.90. The van der Waals surface area contributed by atoms with Gasteiger partial charge in [-0.3, -0.25) is 4.90 Å². The Balaban J connectivity index is 2.20. The van der Waals surface area contributed by atoms with Gasteiger partial charge >= 0.3 is 0 Å². The minimum atomic E-state index is -0.583. The van der Waals surface area contributed by atoms with Crippen LogP contribution in [-0.4, -0.2) is 48.0 Å². The van der Waals surface area contributed by atoms with Gasteiger partial charge in [0.2, 0.25) is 0 Å². The fourth-order valence-electron chi connectivity index (χ4n) is 2.42. The van der Waals surface area contributed by atoms with Gasteiger partial charge in [-0.1, -0.05) is 13.3 Å². The van der Waals surface area contributed by atoms with Crippen molar-refractivity contribution < 1.29 is 9.84 Å². The lowest BCUT2D eigenvalue weighted by Crippen LogP contribution is -2.46. The molecule has 0 amide bonds. The Hall–Kier alpha value is -0.120. The molecule has 1 aliphatic heterocycles. The SMILES string of the molecule is CCCCOCCN1CCCC1C(C)(C)O. The Kier molecular flexibility index (Phi) is 5.73. The lowest BCUT2D eigenvalue weighted by molar-refractivity contribution is -0.0115. The first kappa shape index (κ1) is 13.9. The first-order chi connectivity index (χ1) is 7.55. The molecule has 0 bridgehead atoms. The van der Waals surface area contributed by atoms with Crippen molar-refractivity contribution in [3.8, 4) is 0 Å². The Bertz CT molecular complexity index is 189. The molecule has 0 aliphatic carbocycles. The summed E-state index contributed by atoms with van der Waals surface area (Å²) < 4.78 is 5.57. The van der Waals surface area contributed by atoms with Crippen molar-refractivity contribution in [3.63, 3.8) is 0 Å². The Labute approximate surface area is 99.8 Å². The fraction of sp³-hybridized carbons (Fsp3) is 1.00. The Morgan fingerprint density at radius 3 is 2.75 bits per heavy atom. The molecule has 1 unspecified atom stereocenters. The molecule has 1 heterocycles. The van der Waals surface area contributed by atoms with Gasteiger partial charge in [0.05, 0.1) is 12.2 Å². The second kappa shape index (κ2) is 6.58. The molecule has 96 valence electrons. The molecule has 0 saturated carbocycles. The van der Waals surface area contributed by atoms with Crippen LogP contribution in [0, 0.1) is 0 Å². The molecule has 16 heavy (non-hydrogen) atoms. The monoisotopic (exact) mass is 229 g/mol. The zero-order valence-electron chi connectivity index (χ0n) is 11.0. The second-order valence-electron chi connectivity index (χ2n) is 5.31. The summed E-state index contributed by atoms with van der Waals surface area (Å²) in [5, 5.41) is 10.0. The number of rotatable bonds is 7. The average molecular weight is 229 g/mol. The Morgan fingerprint density at radius 1 is 1.38 bits per heavy atom. The maximum absolute atomic E-state index is 10.0. The van der Waals surface area contributed by atoms with Gasteiger partial charge in [0.15, 0.2) is 0 Å². The molecule has 1 N–H and O–H groups in total. The van der Waals surface area contributed by atoms with Crippen molar-refractivity contribution in [2.24, 2.45) is 0 Å². The van der Waals surface area contributed by atoms with Crippen LogP contribution < -0.4 is 0 Å². The van der Waals surface area contributed by atoms with E-state index in [1.165, 1.54) is 12.8 Å². The van der Waals surface area contributed by atoms with Crippen LogP contribution in [0.5, 0.6) is 0 Å². The van der Waals surface area contributed by atoms with Crippen LogP contribution in [0.15, 0.2) is 0 Å². The number of hydrogen-bond acceptors (Lipinski definition) is 3. The first-order valence-electron chi connectivity index (χ1n) is 6.60. The normalized spacial score (nSPS) is 22.9. The average Bonchev–Trinajstić information content (AvgIpc) is 2.65. The van der Waals surface area contributed by atoms with Crippen LogP contribution in [-0.2, 0) is 4.74 Å². The number of unbranched alkanes of at least 4 members (excludes halogenated alkanes) is 1. The zero-order valence-corrected chi connectivity index (χ0v) is 11.0. The molecule has 1 atom stereocenters. The summed E-state index contributed by atoms with van der Waals surface area (Å²) >= 11 is 0. The molecule has 1 aliphatic rings. The summed E-state index contributed by atoms with van der Waals surface area (Å²) in [5.41, 5.74) is -0.583. The molecule has 0 aromatic carbocycles. The van der Waals surface area contributed by atoms with Gasteiger partial charge in [0.1, 0.15) is 0 Å². The van der Waals surface area contributed by atoms with Crippen molar-refractivity contribution >= 4 is 0 Å². The van der Waals surface area contributed by atoms with Crippen molar-refractivity contribution in [2.45, 2.75) is 58.1 Å². The number of hydrogen-bond donors (Lipinski definition) is 1. The number of aliphatic hydroxyl groups is 1. The van der Waals surface area contributed by atoms with Crippen LogP contribution in [0.25, 0.3) is 0 Å². The highest BCUT2D eigenvalue weighted by Crippen LogP contribution is 2.26. The highest BCUT2D eigenvalue weighted by Gasteiger charge is 2.35. The molecule has 0 aromatic rings. The predicted octanol–water partition coefficient (Wildman–Crippen LogP) is 2.04. The molecule has 1 rings (SSSR count). The molecule has 3 heteroatoms.